The molecule has 0 saturated heterocycles. The van der Waals surface area contributed by atoms with Crippen molar-refractivity contribution < 1.29 is 9.53 Å². The van der Waals surface area contributed by atoms with Crippen LogP contribution in [0.2, 0.25) is 0 Å². The van der Waals surface area contributed by atoms with Crippen LogP contribution in [0, 0.1) is 0 Å². The third kappa shape index (κ3) is 3.21. The van der Waals surface area contributed by atoms with Crippen LogP contribution >= 0.6 is 0 Å². The molecule has 7 nitrogen and oxygen atoms in total. The Morgan fingerprint density at radius 3 is 3.11 bits per heavy atom. The lowest BCUT2D eigenvalue weighted by Crippen LogP contribution is -2.15. The van der Waals surface area contributed by atoms with E-state index in [9.17, 15) is 4.79 Å². The Morgan fingerprint density at radius 1 is 1.58 bits per heavy atom. The maximum atomic E-state index is 11.5. The Labute approximate surface area is 110 Å². The normalized spacial score (nSPS) is 10.2. The maximum Gasteiger partial charge on any atom is 0.341 e. The minimum Gasteiger partial charge on any atom is -0.465 e. The van der Waals surface area contributed by atoms with Crippen molar-refractivity contribution in [2.24, 2.45) is 0 Å². The first kappa shape index (κ1) is 12.9. The first-order valence-electron chi connectivity index (χ1n) is 5.76. The predicted molar refractivity (Wildman–Crippen MR) is 70.7 cm³/mol. The summed E-state index contributed by atoms with van der Waals surface area (Å²) in [6.07, 6.45) is 4.93. The number of aromatic nitrogens is 3. The zero-order valence-corrected chi connectivity index (χ0v) is 10.5. The molecule has 0 atom stereocenters. The molecular weight excluding hydrogens is 246 g/mol. The lowest BCUT2D eigenvalue weighted by molar-refractivity contribution is 0.0601. The first-order chi connectivity index (χ1) is 9.20. The number of hydrogen-bond acceptors (Lipinski definition) is 6. The summed E-state index contributed by atoms with van der Waals surface area (Å²) in [5.74, 6) is 0.0772. The highest BCUT2D eigenvalue weighted by Crippen LogP contribution is 2.12. The zero-order valence-electron chi connectivity index (χ0n) is 10.5. The largest absolute Gasteiger partial charge is 0.465 e. The second-order valence-corrected chi connectivity index (χ2v) is 3.85. The molecule has 7 heteroatoms. The predicted octanol–water partition coefficient (Wildman–Crippen LogP) is 0.759. The van der Waals surface area contributed by atoms with Crippen molar-refractivity contribution >= 4 is 17.5 Å². The molecule has 0 unspecified atom stereocenters. The lowest BCUT2D eigenvalue weighted by atomic mass is 10.2. The van der Waals surface area contributed by atoms with Crippen molar-refractivity contribution in [3.05, 3.63) is 36.3 Å². The Hall–Kier alpha value is -2.57. The van der Waals surface area contributed by atoms with Crippen LogP contribution in [0.3, 0.4) is 0 Å². The average Bonchev–Trinajstić information content (AvgIpc) is 2.84. The second-order valence-electron chi connectivity index (χ2n) is 3.85. The Balaban J connectivity index is 1.97. The summed E-state index contributed by atoms with van der Waals surface area (Å²) in [6.45, 7) is 1.19. The van der Waals surface area contributed by atoms with Gasteiger partial charge in [0.15, 0.2) is 0 Å². The minimum absolute atomic E-state index is 0.407. The van der Waals surface area contributed by atoms with Crippen molar-refractivity contribution in [1.82, 2.24) is 14.8 Å². The summed E-state index contributed by atoms with van der Waals surface area (Å²) >= 11 is 0. The van der Waals surface area contributed by atoms with Crippen LogP contribution in [-0.4, -0.2) is 34.4 Å². The summed E-state index contributed by atoms with van der Waals surface area (Å²) in [4.78, 5) is 15.7. The number of methoxy groups -OCH3 is 1. The topological polar surface area (TPSA) is 95.1 Å². The lowest BCUT2D eigenvalue weighted by Gasteiger charge is -2.09. The van der Waals surface area contributed by atoms with Gasteiger partial charge in [0.05, 0.1) is 25.5 Å². The Kier molecular flexibility index (Phi) is 3.97. The zero-order chi connectivity index (χ0) is 13.7. The van der Waals surface area contributed by atoms with Gasteiger partial charge in [-0.3, -0.25) is 4.68 Å². The summed E-state index contributed by atoms with van der Waals surface area (Å²) in [7, 11) is 1.34. The van der Waals surface area contributed by atoms with E-state index in [4.69, 9.17) is 10.5 Å². The number of carbonyl (C=O) groups is 1. The van der Waals surface area contributed by atoms with Crippen molar-refractivity contribution in [2.45, 2.75) is 6.54 Å². The minimum atomic E-state index is -0.418. The maximum absolute atomic E-state index is 11.5. The number of nitrogen functional groups attached to an aromatic ring is 1. The van der Waals surface area contributed by atoms with Gasteiger partial charge >= 0.3 is 5.97 Å². The summed E-state index contributed by atoms with van der Waals surface area (Å²) in [5, 5.41) is 7.13. The van der Waals surface area contributed by atoms with Crippen LogP contribution in [0.5, 0.6) is 0 Å². The van der Waals surface area contributed by atoms with E-state index >= 15 is 0 Å². The van der Waals surface area contributed by atoms with Crippen molar-refractivity contribution in [3.8, 4) is 0 Å². The van der Waals surface area contributed by atoms with Crippen molar-refractivity contribution in [2.75, 3.05) is 24.7 Å². The Bertz CT molecular complexity index is 567. The van der Waals surface area contributed by atoms with Crippen LogP contribution in [0.4, 0.5) is 11.5 Å². The molecule has 2 aromatic rings. The number of esters is 1. The number of carbonyl (C=O) groups excluding carboxylic acids is 1. The molecular formula is C12H15N5O2. The van der Waals surface area contributed by atoms with Gasteiger partial charge in [-0.1, -0.05) is 0 Å². The van der Waals surface area contributed by atoms with Crippen LogP contribution in [-0.2, 0) is 11.3 Å². The third-order valence-corrected chi connectivity index (χ3v) is 2.50. The first-order valence-corrected chi connectivity index (χ1v) is 5.76. The van der Waals surface area contributed by atoms with Gasteiger partial charge in [-0.25, -0.2) is 9.78 Å². The van der Waals surface area contributed by atoms with Crippen LogP contribution < -0.4 is 11.1 Å². The molecule has 0 radical (unpaired) electrons. The number of rotatable bonds is 5. The molecule has 2 rings (SSSR count). The van der Waals surface area contributed by atoms with Gasteiger partial charge in [0.2, 0.25) is 0 Å². The molecule has 100 valence electrons. The number of nitrogens with zero attached hydrogens (tertiary/aromatic N) is 3. The molecule has 0 spiro atoms. The van der Waals surface area contributed by atoms with Gasteiger partial charge in [0.25, 0.3) is 0 Å². The molecule has 0 aliphatic heterocycles. The highest BCUT2D eigenvalue weighted by atomic mass is 16.5. The molecule has 0 bridgehead atoms. The van der Waals surface area contributed by atoms with Gasteiger partial charge in [-0.2, -0.15) is 5.10 Å². The van der Waals surface area contributed by atoms with E-state index in [0.717, 1.165) is 0 Å². The van der Waals surface area contributed by atoms with Gasteiger partial charge in [0, 0.05) is 18.9 Å². The van der Waals surface area contributed by atoms with Crippen LogP contribution in [0.25, 0.3) is 0 Å². The van der Waals surface area contributed by atoms with E-state index in [0.29, 0.717) is 30.2 Å². The van der Waals surface area contributed by atoms with Crippen molar-refractivity contribution in [1.29, 1.82) is 0 Å². The summed E-state index contributed by atoms with van der Waals surface area (Å²) in [6, 6.07) is 3.35. The summed E-state index contributed by atoms with van der Waals surface area (Å²) in [5.41, 5.74) is 6.59. The van der Waals surface area contributed by atoms with E-state index in [-0.39, 0.29) is 0 Å². The van der Waals surface area contributed by atoms with Crippen molar-refractivity contribution in [3.63, 3.8) is 0 Å². The fourth-order valence-electron chi connectivity index (χ4n) is 1.61. The fourth-order valence-corrected chi connectivity index (χ4v) is 1.61. The monoisotopic (exact) mass is 261 g/mol. The van der Waals surface area contributed by atoms with Crippen LogP contribution in [0.15, 0.2) is 30.7 Å². The number of nitrogens with one attached hydrogen (secondary N) is 1. The van der Waals surface area contributed by atoms with Gasteiger partial charge < -0.3 is 15.8 Å². The highest BCUT2D eigenvalue weighted by Gasteiger charge is 2.11. The highest BCUT2D eigenvalue weighted by molar-refractivity contribution is 5.94. The molecule has 0 aliphatic rings. The molecule has 0 fully saturated rings. The number of ether oxygens (including phenoxy) is 1. The number of pyridine rings is 1. The number of nitrogens with two attached hydrogens (primary N) is 1. The molecule has 2 aromatic heterocycles. The average molecular weight is 261 g/mol. The van der Waals surface area contributed by atoms with Gasteiger partial charge in [-0.15, -0.1) is 0 Å². The summed E-state index contributed by atoms with van der Waals surface area (Å²) < 4.78 is 6.40. The van der Waals surface area contributed by atoms with E-state index in [1.807, 2.05) is 0 Å². The molecule has 0 amide bonds. The molecule has 0 aliphatic carbocycles. The second kappa shape index (κ2) is 5.85. The smallest absolute Gasteiger partial charge is 0.341 e. The Morgan fingerprint density at radius 2 is 2.42 bits per heavy atom. The van der Waals surface area contributed by atoms with E-state index in [1.165, 1.54) is 7.11 Å². The number of hydrogen-bond donors (Lipinski definition) is 2. The molecule has 2 heterocycles. The molecule has 3 N–H and O–H groups in total. The van der Waals surface area contributed by atoms with E-state index in [1.54, 1.807) is 35.4 Å². The fraction of sp³-hybridized carbons (Fsp3) is 0.250. The van der Waals surface area contributed by atoms with Gasteiger partial charge in [-0.05, 0) is 12.1 Å². The SMILES string of the molecule is COC(=O)c1cccnc1NCCn1cc(N)cn1. The standard InChI is InChI=1S/C12H15N5O2/c1-19-12(18)10-3-2-4-14-11(10)15-5-6-17-8-9(13)7-16-17/h2-4,7-8H,5-6,13H2,1H3,(H,14,15). The number of anilines is 2. The quantitative estimate of drug-likeness (QED) is 0.771. The van der Waals surface area contributed by atoms with E-state index < -0.39 is 5.97 Å². The molecule has 0 saturated carbocycles. The molecule has 19 heavy (non-hydrogen) atoms. The third-order valence-electron chi connectivity index (χ3n) is 2.50. The van der Waals surface area contributed by atoms with Gasteiger partial charge in [0.1, 0.15) is 11.4 Å². The van der Waals surface area contributed by atoms with Crippen LogP contribution in [0.1, 0.15) is 10.4 Å². The molecule has 0 aromatic carbocycles. The van der Waals surface area contributed by atoms with E-state index in [2.05, 4.69) is 15.4 Å².